The fourth-order valence-corrected chi connectivity index (χ4v) is 3.39. The molecule has 1 saturated heterocycles. The number of nitrogen functional groups attached to an aromatic ring is 1. The second kappa shape index (κ2) is 3.41. The number of fused-ring (bicyclic) bond motifs is 2. The molecule has 80 valence electrons. The van der Waals surface area contributed by atoms with E-state index in [1.807, 2.05) is 6.07 Å². The normalized spacial score (nSPS) is 28.7. The van der Waals surface area contributed by atoms with E-state index in [9.17, 15) is 0 Å². The fourth-order valence-electron chi connectivity index (χ4n) is 3.01. The molecular formula is C12H15BrN2. The van der Waals surface area contributed by atoms with Gasteiger partial charge in [-0.2, -0.15) is 0 Å². The zero-order chi connectivity index (χ0) is 10.4. The molecule has 2 N–H and O–H groups in total. The highest BCUT2D eigenvalue weighted by Gasteiger charge is 2.38. The summed E-state index contributed by atoms with van der Waals surface area (Å²) in [5.74, 6) is 0.915. The number of piperidine rings is 1. The first-order valence-corrected chi connectivity index (χ1v) is 6.35. The summed E-state index contributed by atoms with van der Waals surface area (Å²) in [5, 5.41) is 0. The smallest absolute Gasteiger partial charge is 0.0603 e. The molecule has 1 saturated carbocycles. The molecule has 1 heterocycles. The summed E-state index contributed by atoms with van der Waals surface area (Å²) in [4.78, 5) is 2.50. The van der Waals surface area contributed by atoms with Crippen LogP contribution in [0.2, 0.25) is 0 Å². The van der Waals surface area contributed by atoms with Crippen molar-refractivity contribution < 1.29 is 0 Å². The van der Waals surface area contributed by atoms with E-state index in [1.165, 1.54) is 31.5 Å². The van der Waals surface area contributed by atoms with Crippen LogP contribution in [-0.4, -0.2) is 12.6 Å². The van der Waals surface area contributed by atoms with Gasteiger partial charge < -0.3 is 10.6 Å². The standard InChI is InChI=1S/C12H15BrN2/c13-9-2-4-12(11(14)6-9)15-7-8-1-3-10(15)5-8/h2,4,6,8,10H,1,3,5,7,14H2. The Morgan fingerprint density at radius 2 is 2.20 bits per heavy atom. The number of benzene rings is 1. The van der Waals surface area contributed by atoms with Crippen LogP contribution in [0.1, 0.15) is 19.3 Å². The maximum Gasteiger partial charge on any atom is 0.0603 e. The molecular weight excluding hydrogens is 252 g/mol. The van der Waals surface area contributed by atoms with E-state index >= 15 is 0 Å². The number of halogens is 1. The van der Waals surface area contributed by atoms with Crippen LogP contribution in [0, 0.1) is 5.92 Å². The predicted octanol–water partition coefficient (Wildman–Crippen LogP) is 3.02. The topological polar surface area (TPSA) is 29.3 Å². The summed E-state index contributed by atoms with van der Waals surface area (Å²) in [6.45, 7) is 1.20. The van der Waals surface area contributed by atoms with E-state index in [2.05, 4.69) is 33.0 Å². The number of rotatable bonds is 1. The molecule has 2 nitrogen and oxygen atoms in total. The van der Waals surface area contributed by atoms with Gasteiger partial charge in [0.2, 0.25) is 0 Å². The molecule has 1 aromatic carbocycles. The molecule has 1 aromatic rings. The summed E-state index contributed by atoms with van der Waals surface area (Å²) in [5.41, 5.74) is 8.19. The molecule has 1 aliphatic heterocycles. The Balaban J connectivity index is 1.93. The lowest BCUT2D eigenvalue weighted by Crippen LogP contribution is -2.32. The first-order chi connectivity index (χ1) is 7.24. The van der Waals surface area contributed by atoms with Crippen LogP contribution in [0.5, 0.6) is 0 Å². The Kier molecular flexibility index (Phi) is 2.16. The first-order valence-electron chi connectivity index (χ1n) is 5.55. The second-order valence-electron chi connectivity index (χ2n) is 4.69. The lowest BCUT2D eigenvalue weighted by Gasteiger charge is -2.30. The van der Waals surface area contributed by atoms with Crippen molar-refractivity contribution in [1.29, 1.82) is 0 Å². The molecule has 2 bridgehead atoms. The molecule has 0 aromatic heterocycles. The van der Waals surface area contributed by atoms with Crippen LogP contribution in [0.25, 0.3) is 0 Å². The van der Waals surface area contributed by atoms with Crippen molar-refractivity contribution in [3.63, 3.8) is 0 Å². The second-order valence-corrected chi connectivity index (χ2v) is 5.60. The van der Waals surface area contributed by atoms with E-state index < -0.39 is 0 Å². The zero-order valence-electron chi connectivity index (χ0n) is 8.62. The molecule has 2 aliphatic rings. The van der Waals surface area contributed by atoms with E-state index in [4.69, 9.17) is 5.73 Å². The Labute approximate surface area is 98.6 Å². The zero-order valence-corrected chi connectivity index (χ0v) is 10.2. The minimum Gasteiger partial charge on any atom is -0.397 e. The van der Waals surface area contributed by atoms with Crippen LogP contribution in [0.15, 0.2) is 22.7 Å². The molecule has 0 amide bonds. The van der Waals surface area contributed by atoms with E-state index in [0.29, 0.717) is 0 Å². The van der Waals surface area contributed by atoms with E-state index in [0.717, 1.165) is 22.1 Å². The molecule has 2 unspecified atom stereocenters. The Bertz CT molecular complexity index is 391. The molecule has 2 atom stereocenters. The highest BCUT2D eigenvalue weighted by Crippen LogP contribution is 2.42. The summed E-state index contributed by atoms with van der Waals surface area (Å²) in [6, 6.07) is 6.97. The van der Waals surface area contributed by atoms with Crippen molar-refractivity contribution >= 4 is 27.3 Å². The van der Waals surface area contributed by atoms with Gasteiger partial charge >= 0.3 is 0 Å². The van der Waals surface area contributed by atoms with Gasteiger partial charge in [-0.15, -0.1) is 0 Å². The fraction of sp³-hybridized carbons (Fsp3) is 0.500. The van der Waals surface area contributed by atoms with Crippen LogP contribution in [0.4, 0.5) is 11.4 Å². The van der Waals surface area contributed by atoms with Crippen molar-refractivity contribution in [3.8, 4) is 0 Å². The van der Waals surface area contributed by atoms with Gasteiger partial charge in [0.15, 0.2) is 0 Å². The van der Waals surface area contributed by atoms with Crippen molar-refractivity contribution in [3.05, 3.63) is 22.7 Å². The van der Waals surface area contributed by atoms with Crippen LogP contribution < -0.4 is 10.6 Å². The summed E-state index contributed by atoms with van der Waals surface area (Å²) in [7, 11) is 0. The molecule has 3 rings (SSSR count). The van der Waals surface area contributed by atoms with Crippen molar-refractivity contribution in [2.45, 2.75) is 25.3 Å². The van der Waals surface area contributed by atoms with E-state index in [1.54, 1.807) is 0 Å². The molecule has 15 heavy (non-hydrogen) atoms. The maximum atomic E-state index is 6.06. The minimum absolute atomic E-state index is 0.749. The van der Waals surface area contributed by atoms with Gasteiger partial charge in [-0.25, -0.2) is 0 Å². The molecule has 0 spiro atoms. The molecule has 1 aliphatic carbocycles. The number of hydrogen-bond acceptors (Lipinski definition) is 2. The Morgan fingerprint density at radius 1 is 1.33 bits per heavy atom. The predicted molar refractivity (Wildman–Crippen MR) is 67.0 cm³/mol. The third-order valence-corrected chi connectivity index (χ3v) is 4.20. The van der Waals surface area contributed by atoms with Gasteiger partial charge in [0.25, 0.3) is 0 Å². The lowest BCUT2D eigenvalue weighted by atomic mass is 10.1. The van der Waals surface area contributed by atoms with Gasteiger partial charge in [0.1, 0.15) is 0 Å². The Morgan fingerprint density at radius 3 is 2.80 bits per heavy atom. The van der Waals surface area contributed by atoms with Crippen LogP contribution in [-0.2, 0) is 0 Å². The van der Waals surface area contributed by atoms with Crippen molar-refractivity contribution in [2.24, 2.45) is 5.92 Å². The first kappa shape index (κ1) is 9.52. The molecule has 3 heteroatoms. The largest absolute Gasteiger partial charge is 0.397 e. The quantitative estimate of drug-likeness (QED) is 0.792. The van der Waals surface area contributed by atoms with Gasteiger partial charge in [0.05, 0.1) is 11.4 Å². The molecule has 0 radical (unpaired) electrons. The SMILES string of the molecule is Nc1cc(Br)ccc1N1CC2CCC1C2. The summed E-state index contributed by atoms with van der Waals surface area (Å²) in [6.07, 6.45) is 4.13. The highest BCUT2D eigenvalue weighted by molar-refractivity contribution is 9.10. The maximum absolute atomic E-state index is 6.06. The number of nitrogens with two attached hydrogens (primary N) is 1. The van der Waals surface area contributed by atoms with Crippen molar-refractivity contribution in [1.82, 2.24) is 0 Å². The highest BCUT2D eigenvalue weighted by atomic mass is 79.9. The van der Waals surface area contributed by atoms with Crippen LogP contribution >= 0.6 is 15.9 Å². The summed E-state index contributed by atoms with van der Waals surface area (Å²) < 4.78 is 1.06. The van der Waals surface area contributed by atoms with Gasteiger partial charge in [0, 0.05) is 17.1 Å². The van der Waals surface area contributed by atoms with Gasteiger partial charge in [-0.05, 0) is 43.4 Å². The number of anilines is 2. The minimum atomic E-state index is 0.749. The lowest BCUT2D eigenvalue weighted by molar-refractivity contribution is 0.554. The summed E-state index contributed by atoms with van der Waals surface area (Å²) >= 11 is 3.45. The van der Waals surface area contributed by atoms with Crippen molar-refractivity contribution in [2.75, 3.05) is 17.2 Å². The van der Waals surface area contributed by atoms with E-state index in [-0.39, 0.29) is 0 Å². The molecule has 2 fully saturated rings. The number of hydrogen-bond donors (Lipinski definition) is 1. The third-order valence-electron chi connectivity index (χ3n) is 3.71. The average molecular weight is 267 g/mol. The van der Waals surface area contributed by atoms with Gasteiger partial charge in [-0.1, -0.05) is 15.9 Å². The van der Waals surface area contributed by atoms with Crippen LogP contribution in [0.3, 0.4) is 0 Å². The number of nitrogens with zero attached hydrogens (tertiary/aromatic N) is 1. The monoisotopic (exact) mass is 266 g/mol. The van der Waals surface area contributed by atoms with Gasteiger partial charge in [-0.3, -0.25) is 0 Å². The average Bonchev–Trinajstić information content (AvgIpc) is 2.78. The Hall–Kier alpha value is -0.700. The third kappa shape index (κ3) is 1.53.